The third-order valence-corrected chi connectivity index (χ3v) is 2.03. The van der Waals surface area contributed by atoms with Gasteiger partial charge in [-0.25, -0.2) is 0 Å². The molecule has 0 rings (SSSR count). The second-order valence-electron chi connectivity index (χ2n) is 3.37. The molecule has 0 aliphatic carbocycles. The van der Waals surface area contributed by atoms with Crippen molar-refractivity contribution in [2.24, 2.45) is 0 Å². The van der Waals surface area contributed by atoms with Crippen molar-refractivity contribution in [2.75, 3.05) is 27.3 Å². The maximum atomic E-state index is 9.48. The molecule has 13 heavy (non-hydrogen) atoms. The molecule has 0 spiro atoms. The number of aliphatic hydroxyl groups is 2. The molecule has 3 unspecified atom stereocenters. The number of ether oxygens (including phenoxy) is 1. The number of hydrogen-bond donors (Lipinski definition) is 2. The Kier molecular flexibility index (Phi) is 6.24. The molecular formula is C9H21NO3. The minimum Gasteiger partial charge on any atom is -0.394 e. The summed E-state index contributed by atoms with van der Waals surface area (Å²) in [4.78, 5) is 1.86. The molecule has 0 radical (unpaired) electrons. The molecule has 4 nitrogen and oxygen atoms in total. The lowest BCUT2D eigenvalue weighted by molar-refractivity contribution is -0.0636. The molecule has 0 bridgehead atoms. The van der Waals surface area contributed by atoms with Gasteiger partial charge < -0.3 is 19.8 Å². The van der Waals surface area contributed by atoms with E-state index >= 15 is 0 Å². The molecule has 3 atom stereocenters. The zero-order chi connectivity index (χ0) is 10.4. The molecule has 0 fully saturated rings. The summed E-state index contributed by atoms with van der Waals surface area (Å²) in [5, 5.41) is 18.5. The maximum Gasteiger partial charge on any atom is 0.0985 e. The molecular weight excluding hydrogens is 170 g/mol. The molecule has 0 aromatic rings. The van der Waals surface area contributed by atoms with E-state index in [9.17, 15) is 5.11 Å². The summed E-state index contributed by atoms with van der Waals surface area (Å²) < 4.78 is 5.32. The van der Waals surface area contributed by atoms with Gasteiger partial charge in [0, 0.05) is 6.61 Å². The van der Waals surface area contributed by atoms with Crippen LogP contribution in [0.15, 0.2) is 0 Å². The van der Waals surface area contributed by atoms with Crippen molar-refractivity contribution in [2.45, 2.75) is 32.1 Å². The van der Waals surface area contributed by atoms with Crippen LogP contribution in [0, 0.1) is 0 Å². The van der Waals surface area contributed by atoms with Gasteiger partial charge in [-0.05, 0) is 27.9 Å². The number of nitrogens with zero attached hydrogens (tertiary/aromatic N) is 1. The zero-order valence-electron chi connectivity index (χ0n) is 8.90. The van der Waals surface area contributed by atoms with E-state index < -0.39 is 6.10 Å². The largest absolute Gasteiger partial charge is 0.394 e. The van der Waals surface area contributed by atoms with Gasteiger partial charge in [0.05, 0.1) is 24.9 Å². The van der Waals surface area contributed by atoms with E-state index in [0.717, 1.165) is 0 Å². The van der Waals surface area contributed by atoms with Crippen LogP contribution in [0.2, 0.25) is 0 Å². The zero-order valence-corrected chi connectivity index (χ0v) is 8.90. The fourth-order valence-corrected chi connectivity index (χ4v) is 1.55. The standard InChI is InChI=1S/C9H21NO3/c1-5-13-8(6-11)9(7(2)12)10(3)4/h7-9,11-12H,5-6H2,1-4H3. The molecule has 0 saturated carbocycles. The highest BCUT2D eigenvalue weighted by molar-refractivity contribution is 4.81. The number of aliphatic hydroxyl groups excluding tert-OH is 2. The second-order valence-corrected chi connectivity index (χ2v) is 3.37. The Morgan fingerprint density at radius 1 is 1.38 bits per heavy atom. The fourth-order valence-electron chi connectivity index (χ4n) is 1.55. The lowest BCUT2D eigenvalue weighted by Crippen LogP contribution is -2.49. The van der Waals surface area contributed by atoms with Crippen LogP contribution in [0.3, 0.4) is 0 Å². The predicted molar refractivity (Wildman–Crippen MR) is 51.7 cm³/mol. The van der Waals surface area contributed by atoms with Crippen LogP contribution in [-0.2, 0) is 4.74 Å². The van der Waals surface area contributed by atoms with E-state index in [1.165, 1.54) is 0 Å². The van der Waals surface area contributed by atoms with Crippen LogP contribution in [-0.4, -0.2) is 60.7 Å². The summed E-state index contributed by atoms with van der Waals surface area (Å²) in [6.07, 6.45) is -0.835. The molecule has 0 amide bonds. The molecule has 0 heterocycles. The first-order valence-corrected chi connectivity index (χ1v) is 4.61. The van der Waals surface area contributed by atoms with Crippen molar-refractivity contribution < 1.29 is 14.9 Å². The molecule has 0 aromatic heterocycles. The Bertz CT molecular complexity index is 120. The highest BCUT2D eigenvalue weighted by Crippen LogP contribution is 2.09. The highest BCUT2D eigenvalue weighted by atomic mass is 16.5. The Hall–Kier alpha value is -0.160. The topological polar surface area (TPSA) is 52.9 Å². The number of likely N-dealkylation sites (N-methyl/N-ethyl adjacent to an activating group) is 1. The molecule has 0 saturated heterocycles. The molecule has 2 N–H and O–H groups in total. The van der Waals surface area contributed by atoms with E-state index in [1.807, 2.05) is 25.9 Å². The Morgan fingerprint density at radius 3 is 2.15 bits per heavy atom. The summed E-state index contributed by atoms with van der Waals surface area (Å²) in [7, 11) is 3.72. The van der Waals surface area contributed by atoms with Gasteiger partial charge in [0.25, 0.3) is 0 Å². The van der Waals surface area contributed by atoms with Crippen LogP contribution >= 0.6 is 0 Å². The average Bonchev–Trinajstić information content (AvgIpc) is 2.02. The van der Waals surface area contributed by atoms with Gasteiger partial charge >= 0.3 is 0 Å². The third kappa shape index (κ3) is 4.04. The van der Waals surface area contributed by atoms with E-state index in [4.69, 9.17) is 9.84 Å². The van der Waals surface area contributed by atoms with Gasteiger partial charge in [-0.1, -0.05) is 0 Å². The van der Waals surface area contributed by atoms with Crippen LogP contribution < -0.4 is 0 Å². The van der Waals surface area contributed by atoms with Gasteiger partial charge in [0.1, 0.15) is 0 Å². The van der Waals surface area contributed by atoms with Crippen molar-refractivity contribution in [1.82, 2.24) is 4.90 Å². The van der Waals surface area contributed by atoms with Crippen molar-refractivity contribution in [3.63, 3.8) is 0 Å². The average molecular weight is 191 g/mol. The third-order valence-electron chi connectivity index (χ3n) is 2.03. The normalized spacial score (nSPS) is 18.7. The van der Waals surface area contributed by atoms with E-state index in [0.29, 0.717) is 6.61 Å². The lowest BCUT2D eigenvalue weighted by atomic mass is 10.1. The SMILES string of the molecule is CCOC(CO)C(C(C)O)N(C)C. The maximum absolute atomic E-state index is 9.48. The minimum atomic E-state index is -0.515. The first kappa shape index (κ1) is 12.8. The summed E-state index contributed by atoms with van der Waals surface area (Å²) in [5.74, 6) is 0. The summed E-state index contributed by atoms with van der Waals surface area (Å²) in [6.45, 7) is 4.05. The van der Waals surface area contributed by atoms with Gasteiger partial charge in [-0.15, -0.1) is 0 Å². The fraction of sp³-hybridized carbons (Fsp3) is 1.00. The molecule has 4 heteroatoms. The summed E-state index contributed by atoms with van der Waals surface area (Å²) >= 11 is 0. The van der Waals surface area contributed by atoms with Crippen LogP contribution in [0.5, 0.6) is 0 Å². The lowest BCUT2D eigenvalue weighted by Gasteiger charge is -2.33. The second kappa shape index (κ2) is 6.32. The monoisotopic (exact) mass is 191 g/mol. The van der Waals surface area contributed by atoms with Gasteiger partial charge in [-0.2, -0.15) is 0 Å². The minimum absolute atomic E-state index is 0.0679. The number of hydrogen-bond acceptors (Lipinski definition) is 4. The van der Waals surface area contributed by atoms with Crippen molar-refractivity contribution in [3.8, 4) is 0 Å². The molecule has 0 aromatic carbocycles. The van der Waals surface area contributed by atoms with Gasteiger partial charge in [0.15, 0.2) is 0 Å². The van der Waals surface area contributed by atoms with Crippen molar-refractivity contribution >= 4 is 0 Å². The van der Waals surface area contributed by atoms with Crippen molar-refractivity contribution in [1.29, 1.82) is 0 Å². The van der Waals surface area contributed by atoms with Crippen LogP contribution in [0.1, 0.15) is 13.8 Å². The van der Waals surface area contributed by atoms with E-state index in [-0.39, 0.29) is 18.8 Å². The quantitative estimate of drug-likeness (QED) is 0.605. The highest BCUT2D eigenvalue weighted by Gasteiger charge is 2.27. The van der Waals surface area contributed by atoms with Crippen molar-refractivity contribution in [3.05, 3.63) is 0 Å². The van der Waals surface area contributed by atoms with E-state index in [1.54, 1.807) is 6.92 Å². The molecule has 80 valence electrons. The first-order chi connectivity index (χ1) is 6.04. The smallest absolute Gasteiger partial charge is 0.0985 e. The van der Waals surface area contributed by atoms with E-state index in [2.05, 4.69) is 0 Å². The Labute approximate surface area is 80.1 Å². The molecule has 0 aliphatic rings. The predicted octanol–water partition coefficient (Wildman–Crippen LogP) is -0.305. The van der Waals surface area contributed by atoms with Gasteiger partial charge in [0.2, 0.25) is 0 Å². The van der Waals surface area contributed by atoms with Gasteiger partial charge in [-0.3, -0.25) is 0 Å². The van der Waals surface area contributed by atoms with Crippen LogP contribution in [0.4, 0.5) is 0 Å². The van der Waals surface area contributed by atoms with Crippen LogP contribution in [0.25, 0.3) is 0 Å². The number of rotatable bonds is 6. The summed E-state index contributed by atoms with van der Waals surface area (Å²) in [5.41, 5.74) is 0. The Balaban J connectivity index is 4.30. The summed E-state index contributed by atoms with van der Waals surface area (Å²) in [6, 6.07) is -0.162. The Morgan fingerprint density at radius 2 is 1.92 bits per heavy atom. The first-order valence-electron chi connectivity index (χ1n) is 4.61. The molecule has 0 aliphatic heterocycles.